The van der Waals surface area contributed by atoms with Crippen molar-refractivity contribution in [3.63, 3.8) is 0 Å². The van der Waals surface area contributed by atoms with E-state index in [1.165, 1.54) is 6.33 Å². The molecule has 0 aliphatic carbocycles. The van der Waals surface area contributed by atoms with Gasteiger partial charge in [-0.2, -0.15) is 5.10 Å². The first-order valence-electron chi connectivity index (χ1n) is 6.77. The standard InChI is InChI=1S/C15H15N5OS/c1-10-6-11(18-9-17-10)8-16-15(21)13-7-12(19-20(13)2)14-4-3-5-22-14/h3-7,9H,8H2,1-2H3,(H,16,21). The Balaban J connectivity index is 1.72. The van der Waals surface area contributed by atoms with Crippen LogP contribution in [0.2, 0.25) is 0 Å². The Morgan fingerprint density at radius 3 is 2.95 bits per heavy atom. The second-order valence-corrected chi connectivity index (χ2v) is 5.80. The minimum atomic E-state index is -0.172. The van der Waals surface area contributed by atoms with Gasteiger partial charge in [-0.05, 0) is 30.5 Å². The molecule has 0 radical (unpaired) electrons. The molecule has 1 amide bonds. The van der Waals surface area contributed by atoms with Crippen molar-refractivity contribution in [1.82, 2.24) is 25.1 Å². The average Bonchev–Trinajstić information content (AvgIpc) is 3.14. The number of hydrogen-bond acceptors (Lipinski definition) is 5. The lowest BCUT2D eigenvalue weighted by molar-refractivity contribution is 0.0941. The van der Waals surface area contributed by atoms with E-state index in [2.05, 4.69) is 20.4 Å². The summed E-state index contributed by atoms with van der Waals surface area (Å²) in [6.45, 7) is 2.25. The number of hydrogen-bond donors (Lipinski definition) is 1. The van der Waals surface area contributed by atoms with Gasteiger partial charge in [-0.3, -0.25) is 9.48 Å². The molecule has 0 aliphatic rings. The fourth-order valence-corrected chi connectivity index (χ4v) is 2.77. The van der Waals surface area contributed by atoms with Gasteiger partial charge in [0.05, 0.1) is 17.1 Å². The van der Waals surface area contributed by atoms with Gasteiger partial charge in [0.15, 0.2) is 0 Å². The Kier molecular flexibility index (Phi) is 3.97. The molecule has 0 aromatic carbocycles. The number of nitrogens with zero attached hydrogens (tertiary/aromatic N) is 4. The molecule has 3 rings (SSSR count). The van der Waals surface area contributed by atoms with Crippen LogP contribution in [-0.2, 0) is 13.6 Å². The summed E-state index contributed by atoms with van der Waals surface area (Å²) in [5.74, 6) is -0.172. The Morgan fingerprint density at radius 1 is 1.36 bits per heavy atom. The van der Waals surface area contributed by atoms with Crippen molar-refractivity contribution >= 4 is 17.2 Å². The molecule has 0 saturated carbocycles. The second kappa shape index (κ2) is 6.07. The Morgan fingerprint density at radius 2 is 2.23 bits per heavy atom. The van der Waals surface area contributed by atoms with Gasteiger partial charge in [0.25, 0.3) is 5.91 Å². The van der Waals surface area contributed by atoms with Gasteiger partial charge in [0, 0.05) is 12.7 Å². The number of amides is 1. The van der Waals surface area contributed by atoms with Crippen LogP contribution in [-0.4, -0.2) is 25.7 Å². The minimum Gasteiger partial charge on any atom is -0.345 e. The van der Waals surface area contributed by atoms with Crippen LogP contribution in [0.1, 0.15) is 21.9 Å². The van der Waals surface area contributed by atoms with Crippen LogP contribution in [0.5, 0.6) is 0 Å². The summed E-state index contributed by atoms with van der Waals surface area (Å²) in [6, 6.07) is 7.59. The quantitative estimate of drug-likeness (QED) is 0.801. The van der Waals surface area contributed by atoms with E-state index >= 15 is 0 Å². The Hall–Kier alpha value is -2.54. The maximum atomic E-state index is 12.3. The number of aryl methyl sites for hydroxylation is 2. The van der Waals surface area contributed by atoms with Gasteiger partial charge < -0.3 is 5.32 Å². The van der Waals surface area contributed by atoms with E-state index < -0.39 is 0 Å². The van der Waals surface area contributed by atoms with Gasteiger partial charge in [0.1, 0.15) is 17.7 Å². The molecule has 22 heavy (non-hydrogen) atoms. The maximum absolute atomic E-state index is 12.3. The van der Waals surface area contributed by atoms with E-state index in [4.69, 9.17) is 0 Å². The van der Waals surface area contributed by atoms with Crippen molar-refractivity contribution in [1.29, 1.82) is 0 Å². The van der Waals surface area contributed by atoms with E-state index in [9.17, 15) is 4.79 Å². The summed E-state index contributed by atoms with van der Waals surface area (Å²) in [4.78, 5) is 21.5. The molecular formula is C15H15N5OS. The van der Waals surface area contributed by atoms with Crippen LogP contribution >= 0.6 is 11.3 Å². The molecule has 7 heteroatoms. The van der Waals surface area contributed by atoms with Crippen molar-refractivity contribution in [3.05, 3.63) is 53.1 Å². The van der Waals surface area contributed by atoms with E-state index in [0.29, 0.717) is 12.2 Å². The van der Waals surface area contributed by atoms with Crippen LogP contribution < -0.4 is 5.32 Å². The molecule has 0 aliphatic heterocycles. The van der Waals surface area contributed by atoms with Gasteiger partial charge in [-0.1, -0.05) is 6.07 Å². The molecule has 0 atom stereocenters. The third-order valence-corrected chi connectivity index (χ3v) is 4.07. The largest absolute Gasteiger partial charge is 0.345 e. The highest BCUT2D eigenvalue weighted by Crippen LogP contribution is 2.23. The van der Waals surface area contributed by atoms with Gasteiger partial charge in [-0.25, -0.2) is 9.97 Å². The van der Waals surface area contributed by atoms with Crippen LogP contribution in [0, 0.1) is 6.92 Å². The molecule has 0 saturated heterocycles. The van der Waals surface area contributed by atoms with Crippen molar-refractivity contribution in [2.75, 3.05) is 0 Å². The monoisotopic (exact) mass is 313 g/mol. The Bertz CT molecular complexity index is 794. The number of carbonyl (C=O) groups excluding carboxylic acids is 1. The summed E-state index contributed by atoms with van der Waals surface area (Å²) in [5, 5.41) is 9.23. The molecule has 0 spiro atoms. The van der Waals surface area contributed by atoms with Crippen molar-refractivity contribution in [2.24, 2.45) is 7.05 Å². The smallest absolute Gasteiger partial charge is 0.269 e. The zero-order valence-electron chi connectivity index (χ0n) is 12.3. The number of nitrogens with one attached hydrogen (secondary N) is 1. The zero-order chi connectivity index (χ0) is 15.5. The molecule has 3 heterocycles. The fraction of sp³-hybridized carbons (Fsp3) is 0.200. The van der Waals surface area contributed by atoms with E-state index in [1.807, 2.05) is 30.5 Å². The van der Waals surface area contributed by atoms with Gasteiger partial charge in [0.2, 0.25) is 0 Å². The third-order valence-electron chi connectivity index (χ3n) is 3.18. The molecule has 0 unspecified atom stereocenters. The van der Waals surface area contributed by atoms with Gasteiger partial charge >= 0.3 is 0 Å². The Labute approximate surface area is 131 Å². The van der Waals surface area contributed by atoms with E-state index in [0.717, 1.165) is 22.0 Å². The summed E-state index contributed by atoms with van der Waals surface area (Å²) in [6.07, 6.45) is 1.50. The SMILES string of the molecule is Cc1cc(CNC(=O)c2cc(-c3cccs3)nn2C)ncn1. The molecule has 3 aromatic rings. The van der Waals surface area contributed by atoms with Crippen molar-refractivity contribution in [2.45, 2.75) is 13.5 Å². The topological polar surface area (TPSA) is 72.7 Å². The molecule has 6 nitrogen and oxygen atoms in total. The molecule has 1 N–H and O–H groups in total. The summed E-state index contributed by atoms with van der Waals surface area (Å²) < 4.78 is 1.59. The minimum absolute atomic E-state index is 0.172. The summed E-state index contributed by atoms with van der Waals surface area (Å²) in [7, 11) is 1.76. The normalized spacial score (nSPS) is 10.6. The van der Waals surface area contributed by atoms with Crippen LogP contribution in [0.4, 0.5) is 0 Å². The first-order valence-corrected chi connectivity index (χ1v) is 7.65. The highest BCUT2D eigenvalue weighted by molar-refractivity contribution is 7.13. The molecule has 3 aromatic heterocycles. The maximum Gasteiger partial charge on any atom is 0.269 e. The van der Waals surface area contributed by atoms with Crippen LogP contribution in [0.25, 0.3) is 10.6 Å². The number of thiophene rings is 1. The molecule has 112 valence electrons. The van der Waals surface area contributed by atoms with E-state index in [1.54, 1.807) is 29.1 Å². The highest BCUT2D eigenvalue weighted by atomic mass is 32.1. The molecule has 0 fully saturated rings. The average molecular weight is 313 g/mol. The second-order valence-electron chi connectivity index (χ2n) is 4.85. The summed E-state index contributed by atoms with van der Waals surface area (Å²) in [5.41, 5.74) is 2.98. The first-order chi connectivity index (χ1) is 10.6. The predicted octanol–water partition coefficient (Wildman–Crippen LogP) is 2.18. The van der Waals surface area contributed by atoms with Crippen molar-refractivity contribution in [3.8, 4) is 10.6 Å². The lowest BCUT2D eigenvalue weighted by atomic mass is 10.3. The highest BCUT2D eigenvalue weighted by Gasteiger charge is 2.14. The van der Waals surface area contributed by atoms with Crippen LogP contribution in [0.15, 0.2) is 36.0 Å². The zero-order valence-corrected chi connectivity index (χ0v) is 13.1. The molecule has 0 bridgehead atoms. The van der Waals surface area contributed by atoms with Crippen LogP contribution in [0.3, 0.4) is 0 Å². The lowest BCUT2D eigenvalue weighted by Gasteiger charge is -2.05. The predicted molar refractivity (Wildman–Crippen MR) is 84.5 cm³/mol. The third kappa shape index (κ3) is 3.04. The summed E-state index contributed by atoms with van der Waals surface area (Å²) >= 11 is 1.60. The van der Waals surface area contributed by atoms with Gasteiger partial charge in [-0.15, -0.1) is 11.3 Å². The number of rotatable bonds is 4. The fourth-order valence-electron chi connectivity index (χ4n) is 2.09. The lowest BCUT2D eigenvalue weighted by Crippen LogP contribution is -2.25. The number of carbonyl (C=O) groups is 1. The van der Waals surface area contributed by atoms with Crippen molar-refractivity contribution < 1.29 is 4.79 Å². The molecular weight excluding hydrogens is 298 g/mol. The van der Waals surface area contributed by atoms with E-state index in [-0.39, 0.29) is 5.91 Å². The first kappa shape index (κ1) is 14.4. The number of aromatic nitrogens is 4.